The number of carbonyl (C=O) groups is 2. The van der Waals surface area contributed by atoms with Gasteiger partial charge in [-0.3, -0.25) is 9.59 Å². The van der Waals surface area contributed by atoms with Gasteiger partial charge in [0.05, 0.1) is 13.1 Å². The molecular weight excluding hydrogens is 356 g/mol. The Kier molecular flexibility index (Phi) is 4.90. The topological polar surface area (TPSA) is 43.0 Å². The predicted molar refractivity (Wildman–Crippen MR) is 83.2 cm³/mol. The highest BCUT2D eigenvalue weighted by atomic mass is 79.9. The minimum absolute atomic E-state index is 0. The van der Waals surface area contributed by atoms with Gasteiger partial charge in [0, 0.05) is 18.1 Å². The fourth-order valence-corrected chi connectivity index (χ4v) is 3.29. The summed E-state index contributed by atoms with van der Waals surface area (Å²) in [6.45, 7) is 9.64. The molecule has 0 bridgehead atoms. The van der Waals surface area contributed by atoms with Gasteiger partial charge in [-0.2, -0.15) is 0 Å². The second-order valence-electron chi connectivity index (χ2n) is 6.20. The molecule has 1 aromatic carbocycles. The molecule has 0 amide bonds. The van der Waals surface area contributed by atoms with Gasteiger partial charge in [0.2, 0.25) is 23.0 Å². The van der Waals surface area contributed by atoms with Gasteiger partial charge >= 0.3 is 0 Å². The zero-order chi connectivity index (χ0) is 16.0. The summed E-state index contributed by atoms with van der Waals surface area (Å²) in [5, 5.41) is 0. The van der Waals surface area contributed by atoms with Crippen molar-refractivity contribution in [1.29, 1.82) is 0 Å². The van der Waals surface area contributed by atoms with Gasteiger partial charge < -0.3 is 17.0 Å². The van der Waals surface area contributed by atoms with E-state index in [1.807, 2.05) is 35.1 Å². The van der Waals surface area contributed by atoms with Gasteiger partial charge in [-0.15, -0.1) is 0 Å². The minimum atomic E-state index is -0.0438. The quantitative estimate of drug-likeness (QED) is 0.580. The Bertz CT molecular complexity index is 791. The molecule has 0 spiro atoms. The van der Waals surface area contributed by atoms with E-state index in [2.05, 4.69) is 13.8 Å². The number of hydrogen-bond acceptors (Lipinski definition) is 2. The lowest BCUT2D eigenvalue weighted by molar-refractivity contribution is -0.709. The van der Waals surface area contributed by atoms with Crippen LogP contribution in [-0.4, -0.2) is 16.1 Å². The second-order valence-corrected chi connectivity index (χ2v) is 6.20. The Hall–Kier alpha value is -1.75. The molecule has 1 aliphatic carbocycles. The van der Waals surface area contributed by atoms with Crippen LogP contribution in [0, 0.1) is 12.8 Å². The highest BCUT2D eigenvalue weighted by molar-refractivity contribution is 6.26. The molecule has 1 aromatic heterocycles. The molecule has 0 saturated carbocycles. The van der Waals surface area contributed by atoms with E-state index >= 15 is 0 Å². The number of benzene rings is 1. The minimum Gasteiger partial charge on any atom is -1.00 e. The molecule has 0 aliphatic heterocycles. The third-order valence-electron chi connectivity index (χ3n) is 4.26. The van der Waals surface area contributed by atoms with Crippen molar-refractivity contribution in [3.05, 3.63) is 52.6 Å². The lowest BCUT2D eigenvalue weighted by Gasteiger charge is -2.13. The van der Waals surface area contributed by atoms with Gasteiger partial charge in [0.25, 0.3) is 5.82 Å². The molecule has 0 saturated heterocycles. The summed E-state index contributed by atoms with van der Waals surface area (Å²) in [4.78, 5) is 25.8. The van der Waals surface area contributed by atoms with Crippen molar-refractivity contribution in [2.45, 2.75) is 40.8 Å². The van der Waals surface area contributed by atoms with E-state index < -0.39 is 0 Å². The maximum Gasteiger partial charge on any atom is 0.254 e. The lowest BCUT2D eigenvalue weighted by atomic mass is 9.90. The van der Waals surface area contributed by atoms with E-state index in [4.69, 9.17) is 0 Å². The molecule has 5 heteroatoms. The first-order chi connectivity index (χ1) is 10.5. The van der Waals surface area contributed by atoms with Crippen LogP contribution in [0.25, 0.3) is 0 Å². The monoisotopic (exact) mass is 376 g/mol. The van der Waals surface area contributed by atoms with Crippen LogP contribution in [0.5, 0.6) is 0 Å². The number of imidazole rings is 1. The van der Waals surface area contributed by atoms with Crippen molar-refractivity contribution in [2.24, 2.45) is 5.92 Å². The Balaban J connectivity index is 0.00000192. The molecule has 0 N–H and O–H groups in total. The van der Waals surface area contributed by atoms with Crippen LogP contribution in [0.15, 0.2) is 24.3 Å². The first-order valence-corrected chi connectivity index (χ1v) is 7.78. The zero-order valence-electron chi connectivity index (χ0n) is 13.9. The van der Waals surface area contributed by atoms with Crippen LogP contribution in [0.4, 0.5) is 0 Å². The molecule has 0 unspecified atom stereocenters. The van der Waals surface area contributed by atoms with Gasteiger partial charge in [-0.1, -0.05) is 38.1 Å². The lowest BCUT2D eigenvalue weighted by Crippen LogP contribution is -3.00. The van der Waals surface area contributed by atoms with E-state index in [9.17, 15) is 9.59 Å². The summed E-state index contributed by atoms with van der Waals surface area (Å²) in [7, 11) is 0. The van der Waals surface area contributed by atoms with E-state index in [-0.39, 0.29) is 28.5 Å². The molecule has 2 aromatic rings. The number of nitrogens with zero attached hydrogens (tertiary/aromatic N) is 2. The van der Waals surface area contributed by atoms with Gasteiger partial charge in [0.15, 0.2) is 0 Å². The normalized spacial score (nSPS) is 12.9. The average Bonchev–Trinajstić information content (AvgIpc) is 2.77. The number of halogens is 1. The first-order valence-electron chi connectivity index (χ1n) is 7.78. The van der Waals surface area contributed by atoms with Crippen LogP contribution >= 0.6 is 0 Å². The summed E-state index contributed by atoms with van der Waals surface area (Å²) < 4.78 is 3.98. The number of carbonyl (C=O) groups excluding carboxylic acids is 2. The van der Waals surface area contributed by atoms with E-state index in [0.717, 1.165) is 12.4 Å². The van der Waals surface area contributed by atoms with E-state index in [0.29, 0.717) is 35.0 Å². The molecule has 1 heterocycles. The fourth-order valence-electron chi connectivity index (χ4n) is 3.29. The SMILES string of the molecule is CCn1c2c([n+](CC(C)C)c1C)C(=O)c1ccccc1C2=O.[Br-]. The predicted octanol–water partition coefficient (Wildman–Crippen LogP) is -0.461. The third-order valence-corrected chi connectivity index (χ3v) is 4.26. The molecule has 0 radical (unpaired) electrons. The summed E-state index contributed by atoms with van der Waals surface area (Å²) in [5.41, 5.74) is 2.13. The van der Waals surface area contributed by atoms with E-state index in [1.54, 1.807) is 12.1 Å². The molecular formula is C18H21BrN2O2. The molecule has 3 rings (SSSR count). The largest absolute Gasteiger partial charge is 1.00 e. The first kappa shape index (κ1) is 17.6. The zero-order valence-corrected chi connectivity index (χ0v) is 15.5. The molecule has 0 atom stereocenters. The van der Waals surface area contributed by atoms with Gasteiger partial charge in [-0.05, 0) is 12.8 Å². The molecule has 1 aliphatic rings. The number of rotatable bonds is 3. The average molecular weight is 377 g/mol. The number of aromatic nitrogens is 2. The van der Waals surface area contributed by atoms with Gasteiger partial charge in [-0.25, -0.2) is 9.13 Å². The maximum atomic E-state index is 13.0. The fraction of sp³-hybridized carbons (Fsp3) is 0.389. The Labute approximate surface area is 146 Å². The summed E-state index contributed by atoms with van der Waals surface area (Å²) in [5.74, 6) is 1.29. The van der Waals surface area contributed by atoms with Crippen molar-refractivity contribution >= 4 is 11.6 Å². The molecule has 23 heavy (non-hydrogen) atoms. The molecule has 4 nitrogen and oxygen atoms in total. The Morgan fingerprint density at radius 1 is 1.09 bits per heavy atom. The molecule has 0 fully saturated rings. The van der Waals surface area contributed by atoms with Crippen molar-refractivity contribution in [2.75, 3.05) is 0 Å². The van der Waals surface area contributed by atoms with Crippen molar-refractivity contribution in [1.82, 2.24) is 4.57 Å². The van der Waals surface area contributed by atoms with Gasteiger partial charge in [0.1, 0.15) is 0 Å². The van der Waals surface area contributed by atoms with Crippen molar-refractivity contribution in [3.8, 4) is 0 Å². The maximum absolute atomic E-state index is 13.0. The third kappa shape index (κ3) is 2.57. The summed E-state index contributed by atoms with van der Waals surface area (Å²) in [6, 6.07) is 7.11. The second kappa shape index (κ2) is 6.40. The van der Waals surface area contributed by atoms with E-state index in [1.165, 1.54) is 0 Å². The van der Waals surface area contributed by atoms with Crippen LogP contribution in [0.2, 0.25) is 0 Å². The van der Waals surface area contributed by atoms with Crippen LogP contribution in [-0.2, 0) is 13.1 Å². The Morgan fingerprint density at radius 3 is 2.17 bits per heavy atom. The highest BCUT2D eigenvalue weighted by Gasteiger charge is 2.42. The van der Waals surface area contributed by atoms with Crippen molar-refractivity contribution < 1.29 is 31.1 Å². The standard InChI is InChI=1S/C18H21N2O2.BrH/c1-5-19-12(4)20(10-11(2)3)16-15(19)17(21)13-8-6-7-9-14(13)18(16)22;/h6-9,11H,5,10H2,1-4H3;1H/q+1;/p-1. The number of ketones is 2. The van der Waals surface area contributed by atoms with Crippen LogP contribution in [0.1, 0.15) is 58.7 Å². The summed E-state index contributed by atoms with van der Waals surface area (Å²) in [6.07, 6.45) is 0. The molecule has 122 valence electrons. The summed E-state index contributed by atoms with van der Waals surface area (Å²) >= 11 is 0. The van der Waals surface area contributed by atoms with Crippen LogP contribution in [0.3, 0.4) is 0 Å². The highest BCUT2D eigenvalue weighted by Crippen LogP contribution is 2.27. The number of fused-ring (bicyclic) bond motifs is 2. The smallest absolute Gasteiger partial charge is 0.254 e. The number of hydrogen-bond donors (Lipinski definition) is 0. The Morgan fingerprint density at radius 2 is 1.65 bits per heavy atom. The van der Waals surface area contributed by atoms with Crippen LogP contribution < -0.4 is 21.5 Å². The van der Waals surface area contributed by atoms with Crippen molar-refractivity contribution in [3.63, 3.8) is 0 Å².